The number of carbonyl (C=O) groups excluding carboxylic acids is 2. The summed E-state index contributed by atoms with van der Waals surface area (Å²) in [4.78, 5) is 40.8. The van der Waals surface area contributed by atoms with Crippen LogP contribution in [0.25, 0.3) is 0 Å². The van der Waals surface area contributed by atoms with Gasteiger partial charge in [-0.15, -0.1) is 0 Å². The predicted molar refractivity (Wildman–Crippen MR) is 132 cm³/mol. The highest BCUT2D eigenvalue weighted by Gasteiger charge is 2.64. The van der Waals surface area contributed by atoms with Crippen LogP contribution in [-0.2, 0) is 18.8 Å². The van der Waals surface area contributed by atoms with Crippen LogP contribution in [0.15, 0.2) is 23.9 Å². The van der Waals surface area contributed by atoms with Crippen LogP contribution in [0.5, 0.6) is 0 Å². The number of hydrogen-bond donors (Lipinski definition) is 1. The monoisotopic (exact) mass is 492 g/mol. The molecule has 3 rings (SSSR count). The first-order valence-corrected chi connectivity index (χ1v) is 15.1. The lowest BCUT2D eigenvalue weighted by atomic mass is 9.63. The Labute approximate surface area is 204 Å². The molecule has 4 atom stereocenters. The van der Waals surface area contributed by atoms with Crippen molar-refractivity contribution < 1.29 is 28.7 Å². The van der Waals surface area contributed by atoms with Crippen LogP contribution >= 0.6 is 0 Å². The maximum absolute atomic E-state index is 13.3. The molecular weight excluding hydrogens is 452 g/mol. The molecule has 2 saturated heterocycles. The van der Waals surface area contributed by atoms with Gasteiger partial charge in [0, 0.05) is 13.1 Å². The number of fused-ring (bicyclic) bond motifs is 1. The molecule has 2 fully saturated rings. The summed E-state index contributed by atoms with van der Waals surface area (Å²) in [6.07, 6.45) is 4.04. The number of aliphatic carboxylic acids is 1. The Morgan fingerprint density at radius 2 is 1.94 bits per heavy atom. The van der Waals surface area contributed by atoms with Crippen molar-refractivity contribution in [3.63, 3.8) is 0 Å². The van der Waals surface area contributed by atoms with Crippen molar-refractivity contribution in [1.29, 1.82) is 0 Å². The van der Waals surface area contributed by atoms with Crippen molar-refractivity contribution in [2.24, 2.45) is 17.3 Å². The number of carboxylic acids is 1. The van der Waals surface area contributed by atoms with Crippen molar-refractivity contribution in [3.05, 3.63) is 23.9 Å². The van der Waals surface area contributed by atoms with Crippen LogP contribution in [0.1, 0.15) is 53.4 Å². The van der Waals surface area contributed by atoms with Gasteiger partial charge in [0.25, 0.3) is 0 Å². The molecule has 1 unspecified atom stereocenters. The third-order valence-corrected chi connectivity index (χ3v) is 8.70. The van der Waals surface area contributed by atoms with Crippen LogP contribution in [-0.4, -0.2) is 73.3 Å². The maximum Gasteiger partial charge on any atom is 0.410 e. The van der Waals surface area contributed by atoms with Crippen molar-refractivity contribution in [2.75, 3.05) is 19.7 Å². The molecule has 3 aliphatic rings. The zero-order valence-electron chi connectivity index (χ0n) is 21.4. The average Bonchev–Trinajstić information content (AvgIpc) is 3.32. The molecule has 0 radical (unpaired) electrons. The maximum atomic E-state index is 13.3. The normalized spacial score (nSPS) is 26.4. The van der Waals surface area contributed by atoms with Crippen LogP contribution < -0.4 is 0 Å². The molecule has 34 heavy (non-hydrogen) atoms. The minimum Gasteiger partial charge on any atom is -0.477 e. The van der Waals surface area contributed by atoms with Gasteiger partial charge in [-0.3, -0.25) is 4.79 Å². The summed E-state index contributed by atoms with van der Waals surface area (Å²) in [7, 11) is -1.45. The number of rotatable bonds is 9. The van der Waals surface area contributed by atoms with E-state index in [9.17, 15) is 19.5 Å². The molecule has 0 aliphatic carbocycles. The fourth-order valence-corrected chi connectivity index (χ4v) is 7.15. The highest BCUT2D eigenvalue weighted by atomic mass is 28.3. The van der Waals surface area contributed by atoms with Crippen molar-refractivity contribution in [3.8, 4) is 0 Å². The second kappa shape index (κ2) is 9.85. The van der Waals surface area contributed by atoms with Gasteiger partial charge in [-0.05, 0) is 62.6 Å². The number of ether oxygens (including phenoxy) is 1. The number of nitrogens with zero attached hydrogens (tertiary/aromatic N) is 2. The average molecular weight is 493 g/mol. The summed E-state index contributed by atoms with van der Waals surface area (Å²) in [5, 5.41) is 9.95. The van der Waals surface area contributed by atoms with Crippen LogP contribution in [0.4, 0.5) is 4.79 Å². The van der Waals surface area contributed by atoms with Gasteiger partial charge in [-0.25, -0.2) is 9.59 Å². The molecule has 8 nitrogen and oxygen atoms in total. The van der Waals surface area contributed by atoms with Gasteiger partial charge in [0.15, 0.2) is 9.04 Å². The van der Waals surface area contributed by atoms with E-state index in [0.29, 0.717) is 25.9 Å². The topological polar surface area (TPSA) is 96.4 Å². The van der Waals surface area contributed by atoms with Gasteiger partial charge in [0.2, 0.25) is 5.91 Å². The molecule has 0 aromatic rings. The third-order valence-electron chi connectivity index (χ3n) is 7.74. The van der Waals surface area contributed by atoms with Gasteiger partial charge in [-0.2, -0.15) is 0 Å². The summed E-state index contributed by atoms with van der Waals surface area (Å²) in [6.45, 7) is 17.5. The fourth-order valence-electron chi connectivity index (χ4n) is 5.67. The van der Waals surface area contributed by atoms with Crippen LogP contribution in [0, 0.1) is 17.3 Å². The lowest BCUT2D eigenvalue weighted by Crippen LogP contribution is -2.70. The fraction of sp³-hybridized carbons (Fsp3) is 0.720. The molecule has 1 N–H and O–H groups in total. The van der Waals surface area contributed by atoms with Crippen LogP contribution in [0.2, 0.25) is 13.1 Å². The van der Waals surface area contributed by atoms with E-state index in [1.807, 2.05) is 6.92 Å². The second-order valence-corrected chi connectivity index (χ2v) is 13.6. The third kappa shape index (κ3) is 4.82. The summed E-state index contributed by atoms with van der Waals surface area (Å²) in [5.41, 5.74) is 0.0716. The van der Waals surface area contributed by atoms with E-state index in [-0.39, 0.29) is 47.6 Å². The number of β-lactam (4-membered cyclic amide) rings is 1. The van der Waals surface area contributed by atoms with E-state index < -0.39 is 20.6 Å². The number of amides is 2. The SMILES string of the molecule is C=CCOC(=O)N1CCC(CCC2=C(C(=O)O)N3C(=O)[C@H]([C@@](C)(O[SiH](C)C)C(C)(C)C)[C@H]3C2)C1. The Morgan fingerprint density at radius 3 is 2.50 bits per heavy atom. The van der Waals surface area contributed by atoms with Gasteiger partial charge in [0.05, 0.1) is 17.6 Å². The molecular formula is C25H40N2O6Si. The first-order valence-electron chi connectivity index (χ1n) is 12.3. The molecule has 0 bridgehead atoms. The van der Waals surface area contributed by atoms with E-state index >= 15 is 0 Å². The van der Waals surface area contributed by atoms with E-state index in [0.717, 1.165) is 18.4 Å². The molecule has 0 aromatic carbocycles. The Kier molecular flexibility index (Phi) is 7.67. The minimum atomic E-state index is -1.45. The van der Waals surface area contributed by atoms with E-state index in [1.165, 1.54) is 4.90 Å². The van der Waals surface area contributed by atoms with E-state index in [2.05, 4.69) is 40.4 Å². The molecule has 2 amide bonds. The number of carbonyl (C=O) groups is 3. The Balaban J connectivity index is 1.70. The highest BCUT2D eigenvalue weighted by molar-refractivity contribution is 6.48. The summed E-state index contributed by atoms with van der Waals surface area (Å²) in [6, 6.07) is -0.167. The van der Waals surface area contributed by atoms with E-state index in [4.69, 9.17) is 9.16 Å². The molecule has 9 heteroatoms. The quantitative estimate of drug-likeness (QED) is 0.299. The van der Waals surface area contributed by atoms with Crippen molar-refractivity contribution >= 4 is 27.0 Å². The molecule has 190 valence electrons. The van der Waals surface area contributed by atoms with Gasteiger partial charge >= 0.3 is 12.1 Å². The summed E-state index contributed by atoms with van der Waals surface area (Å²) in [5.74, 6) is -1.24. The smallest absolute Gasteiger partial charge is 0.410 e. The van der Waals surface area contributed by atoms with Gasteiger partial charge < -0.3 is 24.1 Å². The van der Waals surface area contributed by atoms with E-state index in [1.54, 1.807) is 11.0 Å². The first kappa shape index (κ1) is 26.5. The van der Waals surface area contributed by atoms with Gasteiger partial charge in [0.1, 0.15) is 12.3 Å². The predicted octanol–water partition coefficient (Wildman–Crippen LogP) is 3.79. The molecule has 3 heterocycles. The molecule has 0 aromatic heterocycles. The number of carboxylic acid groups (broad SMARTS) is 1. The Hall–Kier alpha value is -2.13. The second-order valence-electron chi connectivity index (χ2n) is 11.2. The lowest BCUT2D eigenvalue weighted by molar-refractivity contribution is -0.180. The number of likely N-dealkylation sites (tertiary alicyclic amines) is 1. The molecule has 0 spiro atoms. The summed E-state index contributed by atoms with van der Waals surface area (Å²) >= 11 is 0. The zero-order chi connectivity index (χ0) is 25.4. The largest absolute Gasteiger partial charge is 0.477 e. The van der Waals surface area contributed by atoms with Gasteiger partial charge in [-0.1, -0.05) is 33.4 Å². The van der Waals surface area contributed by atoms with Crippen LogP contribution in [0.3, 0.4) is 0 Å². The first-order chi connectivity index (χ1) is 15.8. The standard InChI is InChI=1S/C25H40N2O6Si/c1-8-13-32-23(31)26-12-11-16(15-26)9-10-17-14-18-19(21(28)27(18)20(17)22(29)30)25(5,24(2,3)4)33-34(6)7/h8,16,18-19,34H,1,9-15H2,2-7H3,(H,29,30)/t16?,18-,19-,25-/m1/s1. The highest BCUT2D eigenvalue weighted by Crippen LogP contribution is 2.53. The molecule has 3 aliphatic heterocycles. The number of hydrogen-bond acceptors (Lipinski definition) is 5. The van der Waals surface area contributed by atoms with Crippen molar-refractivity contribution in [2.45, 2.75) is 78.1 Å². The lowest BCUT2D eigenvalue weighted by Gasteiger charge is -2.57. The summed E-state index contributed by atoms with van der Waals surface area (Å²) < 4.78 is 11.6. The zero-order valence-corrected chi connectivity index (χ0v) is 22.6. The Bertz CT molecular complexity index is 879. The Morgan fingerprint density at radius 1 is 1.26 bits per heavy atom. The van der Waals surface area contributed by atoms with Crippen molar-refractivity contribution in [1.82, 2.24) is 9.80 Å². The molecule has 0 saturated carbocycles. The minimum absolute atomic E-state index is 0.138.